The van der Waals surface area contributed by atoms with Gasteiger partial charge >= 0.3 is 0 Å². The number of hydrogen-bond donors (Lipinski definition) is 1. The zero-order valence-corrected chi connectivity index (χ0v) is 11.9. The number of nitrogens with one attached hydrogen (secondary N) is 1. The molecule has 0 atom stereocenters. The monoisotopic (exact) mass is 293 g/mol. The molecule has 6 nitrogen and oxygen atoms in total. The molecule has 3 rings (SSSR count). The maximum atomic E-state index is 12.0. The fourth-order valence-electron chi connectivity index (χ4n) is 2.10. The number of nitrogens with zero attached hydrogens (tertiary/aromatic N) is 4. The lowest BCUT2D eigenvalue weighted by Crippen LogP contribution is -2.25. The van der Waals surface area contributed by atoms with E-state index in [-0.39, 0.29) is 5.91 Å². The summed E-state index contributed by atoms with van der Waals surface area (Å²) < 4.78 is 2.01. The van der Waals surface area contributed by atoms with Gasteiger partial charge in [0.05, 0.1) is 12.7 Å². The first kappa shape index (κ1) is 13.9. The Hall–Kier alpha value is -3.02. The molecular weight excluding hydrogens is 278 g/mol. The molecule has 0 bridgehead atoms. The molecule has 1 N–H and O–H groups in total. The van der Waals surface area contributed by atoms with E-state index in [0.717, 1.165) is 12.4 Å². The summed E-state index contributed by atoms with van der Waals surface area (Å²) in [4.78, 5) is 24.1. The van der Waals surface area contributed by atoms with E-state index in [2.05, 4.69) is 32.4 Å². The molecule has 0 unspecified atom stereocenters. The summed E-state index contributed by atoms with van der Waals surface area (Å²) in [7, 11) is 0. The van der Waals surface area contributed by atoms with Gasteiger partial charge in [-0.3, -0.25) is 9.78 Å². The first-order valence-electron chi connectivity index (χ1n) is 6.91. The minimum atomic E-state index is -0.262. The molecule has 1 aromatic carbocycles. The minimum Gasteiger partial charge on any atom is -0.343 e. The van der Waals surface area contributed by atoms with Crippen molar-refractivity contribution in [3.63, 3.8) is 0 Å². The third kappa shape index (κ3) is 3.35. The topological polar surface area (TPSA) is 72.7 Å². The van der Waals surface area contributed by atoms with Crippen LogP contribution in [0.3, 0.4) is 0 Å². The predicted molar refractivity (Wildman–Crippen MR) is 81.0 cm³/mol. The van der Waals surface area contributed by atoms with E-state index in [9.17, 15) is 4.79 Å². The number of hydrogen-bond acceptors (Lipinski definition) is 4. The largest absolute Gasteiger partial charge is 0.343 e. The second-order valence-corrected chi connectivity index (χ2v) is 4.73. The number of aromatic nitrogens is 4. The van der Waals surface area contributed by atoms with Crippen LogP contribution in [-0.4, -0.2) is 25.4 Å². The summed E-state index contributed by atoms with van der Waals surface area (Å²) in [6, 6.07) is 10.1. The maximum Gasteiger partial charge on any atom is 0.271 e. The van der Waals surface area contributed by atoms with E-state index < -0.39 is 0 Å². The Morgan fingerprint density at radius 2 is 1.95 bits per heavy atom. The number of rotatable bonds is 5. The van der Waals surface area contributed by atoms with Crippen molar-refractivity contribution in [2.75, 3.05) is 0 Å². The SMILES string of the molecule is O=C(NCc1nccn1Cc1ccccc1)c1cnccn1. The summed E-state index contributed by atoms with van der Waals surface area (Å²) in [6.07, 6.45) is 8.09. The van der Waals surface area contributed by atoms with Gasteiger partial charge in [0.1, 0.15) is 11.5 Å². The molecule has 2 heterocycles. The second kappa shape index (κ2) is 6.62. The van der Waals surface area contributed by atoms with Crippen LogP contribution in [0.2, 0.25) is 0 Å². The van der Waals surface area contributed by atoms with Gasteiger partial charge in [0.15, 0.2) is 0 Å². The molecule has 22 heavy (non-hydrogen) atoms. The van der Waals surface area contributed by atoms with Crippen LogP contribution in [0.25, 0.3) is 0 Å². The Labute approximate surface area is 127 Å². The van der Waals surface area contributed by atoms with Crippen molar-refractivity contribution in [2.45, 2.75) is 13.1 Å². The molecule has 1 amide bonds. The first-order chi connectivity index (χ1) is 10.8. The molecule has 0 radical (unpaired) electrons. The molecule has 0 aliphatic carbocycles. The van der Waals surface area contributed by atoms with Gasteiger partial charge in [0.25, 0.3) is 5.91 Å². The Bertz CT molecular complexity index is 739. The molecule has 2 aromatic heterocycles. The molecular formula is C16H15N5O. The molecule has 110 valence electrons. The van der Waals surface area contributed by atoms with Gasteiger partial charge in [-0.05, 0) is 5.56 Å². The Kier molecular flexibility index (Phi) is 4.20. The van der Waals surface area contributed by atoms with Crippen LogP contribution in [0.1, 0.15) is 21.9 Å². The van der Waals surface area contributed by atoms with Crippen LogP contribution in [-0.2, 0) is 13.1 Å². The second-order valence-electron chi connectivity index (χ2n) is 4.73. The summed E-state index contributed by atoms with van der Waals surface area (Å²) in [5.74, 6) is 0.531. The van der Waals surface area contributed by atoms with E-state index in [0.29, 0.717) is 12.2 Å². The van der Waals surface area contributed by atoms with Crippen LogP contribution in [0, 0.1) is 0 Å². The zero-order valence-electron chi connectivity index (χ0n) is 11.9. The average molecular weight is 293 g/mol. The van der Waals surface area contributed by atoms with Crippen molar-refractivity contribution in [2.24, 2.45) is 0 Å². The van der Waals surface area contributed by atoms with Crippen molar-refractivity contribution >= 4 is 5.91 Å². The zero-order chi connectivity index (χ0) is 15.2. The number of carbonyl (C=O) groups is 1. The number of carbonyl (C=O) groups excluding carboxylic acids is 1. The highest BCUT2D eigenvalue weighted by Crippen LogP contribution is 2.05. The van der Waals surface area contributed by atoms with Gasteiger partial charge < -0.3 is 9.88 Å². The molecule has 6 heteroatoms. The number of imidazole rings is 1. The standard InChI is InChI=1S/C16H15N5O/c22-16(14-10-17-6-7-18-14)20-11-15-19-8-9-21(15)12-13-4-2-1-3-5-13/h1-10H,11-12H2,(H,20,22). The third-order valence-electron chi connectivity index (χ3n) is 3.20. The maximum absolute atomic E-state index is 12.0. The van der Waals surface area contributed by atoms with E-state index >= 15 is 0 Å². The lowest BCUT2D eigenvalue weighted by molar-refractivity contribution is 0.0944. The fraction of sp³-hybridized carbons (Fsp3) is 0.125. The van der Waals surface area contributed by atoms with Gasteiger partial charge in [-0.15, -0.1) is 0 Å². The molecule has 0 fully saturated rings. The van der Waals surface area contributed by atoms with Crippen molar-refractivity contribution < 1.29 is 4.79 Å². The highest BCUT2D eigenvalue weighted by molar-refractivity contribution is 5.91. The summed E-state index contributed by atoms with van der Waals surface area (Å²) in [5.41, 5.74) is 1.48. The molecule has 0 aliphatic heterocycles. The minimum absolute atomic E-state index is 0.262. The molecule has 0 saturated heterocycles. The lowest BCUT2D eigenvalue weighted by atomic mass is 10.2. The van der Waals surface area contributed by atoms with Gasteiger partial charge in [-0.1, -0.05) is 30.3 Å². The quantitative estimate of drug-likeness (QED) is 0.776. The van der Waals surface area contributed by atoms with Crippen LogP contribution in [0.4, 0.5) is 0 Å². The van der Waals surface area contributed by atoms with E-state index in [1.54, 1.807) is 6.20 Å². The lowest BCUT2D eigenvalue weighted by Gasteiger charge is -2.09. The van der Waals surface area contributed by atoms with Crippen LogP contribution >= 0.6 is 0 Å². The fourth-order valence-corrected chi connectivity index (χ4v) is 2.10. The van der Waals surface area contributed by atoms with E-state index in [1.807, 2.05) is 29.0 Å². The van der Waals surface area contributed by atoms with Crippen LogP contribution < -0.4 is 5.32 Å². The Morgan fingerprint density at radius 3 is 2.73 bits per heavy atom. The highest BCUT2D eigenvalue weighted by atomic mass is 16.1. The number of benzene rings is 1. The van der Waals surface area contributed by atoms with Crippen molar-refractivity contribution in [1.29, 1.82) is 0 Å². The summed E-state index contributed by atoms with van der Waals surface area (Å²) in [5, 5.41) is 2.80. The molecule has 0 spiro atoms. The van der Waals surface area contributed by atoms with Gasteiger partial charge in [0, 0.05) is 31.3 Å². The number of amides is 1. The third-order valence-corrected chi connectivity index (χ3v) is 3.20. The Morgan fingerprint density at radius 1 is 1.09 bits per heavy atom. The predicted octanol–water partition coefficient (Wildman–Crippen LogP) is 1.65. The van der Waals surface area contributed by atoms with Gasteiger partial charge in [-0.25, -0.2) is 9.97 Å². The highest BCUT2D eigenvalue weighted by Gasteiger charge is 2.09. The molecule has 0 aliphatic rings. The van der Waals surface area contributed by atoms with E-state index in [1.165, 1.54) is 24.2 Å². The summed E-state index contributed by atoms with van der Waals surface area (Å²) >= 11 is 0. The van der Waals surface area contributed by atoms with E-state index in [4.69, 9.17) is 0 Å². The van der Waals surface area contributed by atoms with Crippen molar-refractivity contribution in [3.8, 4) is 0 Å². The molecule has 3 aromatic rings. The van der Waals surface area contributed by atoms with Gasteiger partial charge in [-0.2, -0.15) is 0 Å². The first-order valence-corrected chi connectivity index (χ1v) is 6.91. The molecule has 0 saturated carbocycles. The average Bonchev–Trinajstić information content (AvgIpc) is 3.01. The van der Waals surface area contributed by atoms with Gasteiger partial charge in [0.2, 0.25) is 0 Å². The van der Waals surface area contributed by atoms with Crippen molar-refractivity contribution in [1.82, 2.24) is 24.8 Å². The smallest absolute Gasteiger partial charge is 0.271 e. The normalized spacial score (nSPS) is 10.4. The van der Waals surface area contributed by atoms with Crippen LogP contribution in [0.5, 0.6) is 0 Å². The van der Waals surface area contributed by atoms with Crippen molar-refractivity contribution in [3.05, 3.63) is 78.4 Å². The van der Waals surface area contributed by atoms with Crippen LogP contribution in [0.15, 0.2) is 61.3 Å². The summed E-state index contributed by atoms with van der Waals surface area (Å²) in [6.45, 7) is 1.06. The Balaban J connectivity index is 1.64.